The Bertz CT molecular complexity index is 1340. The lowest BCUT2D eigenvalue weighted by Gasteiger charge is -2.16. The molecule has 1 aliphatic heterocycles. The normalized spacial score (nSPS) is 15.9. The molecule has 1 atom stereocenters. The summed E-state index contributed by atoms with van der Waals surface area (Å²) in [4.78, 5) is 33.2. The Balaban J connectivity index is 1.71. The van der Waals surface area contributed by atoms with Crippen LogP contribution in [0.1, 0.15) is 49.0 Å². The molecule has 2 N–H and O–H groups in total. The summed E-state index contributed by atoms with van der Waals surface area (Å²) < 4.78 is 1.97. The first kappa shape index (κ1) is 25.1. The van der Waals surface area contributed by atoms with Crippen molar-refractivity contribution in [3.63, 3.8) is 0 Å². The molecule has 0 saturated carbocycles. The van der Waals surface area contributed by atoms with Crippen molar-refractivity contribution in [3.05, 3.63) is 80.6 Å². The number of hydrogen-bond donors (Lipinski definition) is 2. The van der Waals surface area contributed by atoms with Crippen LogP contribution in [0.5, 0.6) is 0 Å². The summed E-state index contributed by atoms with van der Waals surface area (Å²) in [5.41, 5.74) is 2.06. The van der Waals surface area contributed by atoms with Gasteiger partial charge in [0.2, 0.25) is 0 Å². The van der Waals surface area contributed by atoms with Gasteiger partial charge in [0.15, 0.2) is 0 Å². The molecule has 9 heteroatoms. The van der Waals surface area contributed by atoms with E-state index in [-0.39, 0.29) is 23.6 Å². The number of anilines is 1. The first-order valence-corrected chi connectivity index (χ1v) is 12.9. The zero-order valence-electron chi connectivity index (χ0n) is 19.7. The molecule has 0 aliphatic carbocycles. The molecule has 182 valence electrons. The number of carbonyl (C=O) groups excluding carboxylic acids is 1. The maximum Gasteiger partial charge on any atom is 0.267 e. The quantitative estimate of drug-likeness (QED) is 0.249. The minimum absolute atomic E-state index is 0.150. The van der Waals surface area contributed by atoms with Gasteiger partial charge in [0.05, 0.1) is 16.6 Å². The number of aliphatic hydroxyl groups is 1. The number of hydrogen-bond acceptors (Lipinski definition) is 7. The third-order valence-corrected chi connectivity index (χ3v) is 7.24. The number of unbranched alkanes of at least 4 members (excludes halogenated alkanes) is 2. The second-order valence-electron chi connectivity index (χ2n) is 8.41. The van der Waals surface area contributed by atoms with Gasteiger partial charge in [0.25, 0.3) is 11.5 Å². The van der Waals surface area contributed by atoms with Gasteiger partial charge in [-0.05, 0) is 36.6 Å². The van der Waals surface area contributed by atoms with Gasteiger partial charge in [-0.15, -0.1) is 0 Å². The Morgan fingerprint density at radius 2 is 1.94 bits per heavy atom. The number of pyridine rings is 1. The van der Waals surface area contributed by atoms with Crippen LogP contribution in [0.4, 0.5) is 5.82 Å². The highest BCUT2D eigenvalue weighted by atomic mass is 32.2. The van der Waals surface area contributed by atoms with E-state index in [0.717, 1.165) is 30.4 Å². The van der Waals surface area contributed by atoms with Crippen LogP contribution in [0.15, 0.2) is 58.4 Å². The molecular formula is C26H28N4O3S2. The molecular weight excluding hydrogens is 480 g/mol. The molecule has 7 nitrogen and oxygen atoms in total. The highest BCUT2D eigenvalue weighted by molar-refractivity contribution is 8.26. The van der Waals surface area contributed by atoms with Crippen molar-refractivity contribution in [2.45, 2.75) is 39.2 Å². The Hall–Kier alpha value is -3.01. The molecule has 35 heavy (non-hydrogen) atoms. The Morgan fingerprint density at radius 3 is 2.69 bits per heavy atom. The maximum atomic E-state index is 13.5. The smallest absolute Gasteiger partial charge is 0.267 e. The highest BCUT2D eigenvalue weighted by Gasteiger charge is 2.32. The SMILES string of the molecule is CCCCCN1C(=O)/C(=C/c2c(NC[C@H](O)c3ccccc3)nc3c(C)cccn3c2=O)SC1=S. The molecule has 1 fully saturated rings. The topological polar surface area (TPSA) is 86.9 Å². The van der Waals surface area contributed by atoms with Crippen LogP contribution in [0.25, 0.3) is 11.7 Å². The number of fused-ring (bicyclic) bond motifs is 1. The third-order valence-electron chi connectivity index (χ3n) is 5.87. The first-order valence-electron chi connectivity index (χ1n) is 11.6. The van der Waals surface area contributed by atoms with Crippen LogP contribution in [0.2, 0.25) is 0 Å². The molecule has 1 aliphatic rings. The fraction of sp³-hybridized carbons (Fsp3) is 0.308. The zero-order chi connectivity index (χ0) is 24.9. The molecule has 1 amide bonds. The second-order valence-corrected chi connectivity index (χ2v) is 10.1. The monoisotopic (exact) mass is 508 g/mol. The second kappa shape index (κ2) is 11.2. The average Bonchev–Trinajstić information content (AvgIpc) is 3.13. The molecule has 0 unspecified atom stereocenters. The lowest BCUT2D eigenvalue weighted by Crippen LogP contribution is -2.29. The minimum atomic E-state index is -0.794. The molecule has 2 aromatic heterocycles. The summed E-state index contributed by atoms with van der Waals surface area (Å²) in [6.45, 7) is 4.70. The average molecular weight is 509 g/mol. The van der Waals surface area contributed by atoms with Crippen molar-refractivity contribution < 1.29 is 9.90 Å². The van der Waals surface area contributed by atoms with Gasteiger partial charge >= 0.3 is 0 Å². The van der Waals surface area contributed by atoms with Crippen molar-refractivity contribution in [2.75, 3.05) is 18.4 Å². The van der Waals surface area contributed by atoms with Crippen LogP contribution in [-0.4, -0.2) is 42.7 Å². The molecule has 3 heterocycles. The lowest BCUT2D eigenvalue weighted by atomic mass is 10.1. The summed E-state index contributed by atoms with van der Waals surface area (Å²) >= 11 is 6.64. The number of thiocarbonyl (C=S) groups is 1. The predicted octanol–water partition coefficient (Wildman–Crippen LogP) is 4.54. The van der Waals surface area contributed by atoms with Crippen molar-refractivity contribution >= 4 is 51.7 Å². The van der Waals surface area contributed by atoms with Gasteiger partial charge in [-0.3, -0.25) is 18.9 Å². The Morgan fingerprint density at radius 1 is 1.17 bits per heavy atom. The van der Waals surface area contributed by atoms with E-state index in [2.05, 4.69) is 12.2 Å². The van der Waals surface area contributed by atoms with Crippen molar-refractivity contribution in [1.82, 2.24) is 14.3 Å². The molecule has 0 spiro atoms. The number of aromatic nitrogens is 2. The molecule has 1 aromatic carbocycles. The largest absolute Gasteiger partial charge is 0.387 e. The summed E-state index contributed by atoms with van der Waals surface area (Å²) in [7, 11) is 0. The minimum Gasteiger partial charge on any atom is -0.387 e. The van der Waals surface area contributed by atoms with E-state index in [4.69, 9.17) is 17.2 Å². The number of aliphatic hydroxyl groups excluding tert-OH is 1. The van der Waals surface area contributed by atoms with E-state index in [9.17, 15) is 14.7 Å². The molecule has 0 bridgehead atoms. The van der Waals surface area contributed by atoms with E-state index in [1.807, 2.05) is 43.3 Å². The van der Waals surface area contributed by atoms with Crippen LogP contribution in [0.3, 0.4) is 0 Å². The van der Waals surface area contributed by atoms with Crippen molar-refractivity contribution in [3.8, 4) is 0 Å². The number of amides is 1. The molecule has 3 aromatic rings. The molecule has 4 rings (SSSR count). The van der Waals surface area contributed by atoms with Crippen molar-refractivity contribution in [1.29, 1.82) is 0 Å². The Kier molecular flexibility index (Phi) is 8.00. The van der Waals surface area contributed by atoms with Gasteiger partial charge < -0.3 is 10.4 Å². The first-order chi connectivity index (χ1) is 16.9. The van der Waals surface area contributed by atoms with Gasteiger partial charge in [0, 0.05) is 19.3 Å². The van der Waals surface area contributed by atoms with Crippen LogP contribution < -0.4 is 10.9 Å². The number of thioether (sulfide) groups is 1. The van der Waals surface area contributed by atoms with E-state index < -0.39 is 6.10 Å². The van der Waals surface area contributed by atoms with Gasteiger partial charge in [0.1, 0.15) is 15.8 Å². The van der Waals surface area contributed by atoms with Gasteiger partial charge in [-0.25, -0.2) is 4.98 Å². The standard InChI is InChI=1S/C26H28N4O3S2/c1-3-4-8-13-30-25(33)21(35-26(30)34)15-19-22(27-16-20(31)18-11-6-5-7-12-18)28-23-17(2)10-9-14-29(23)24(19)32/h5-7,9-12,14-15,20,27,31H,3-4,8,13,16H2,1-2H3/b21-15-/t20-/m0/s1. The van der Waals surface area contributed by atoms with E-state index in [0.29, 0.717) is 27.2 Å². The van der Waals surface area contributed by atoms with E-state index in [1.165, 1.54) is 16.2 Å². The van der Waals surface area contributed by atoms with Gasteiger partial charge in [-0.1, -0.05) is 80.1 Å². The van der Waals surface area contributed by atoms with Crippen LogP contribution in [-0.2, 0) is 4.79 Å². The number of nitrogens with zero attached hydrogens (tertiary/aromatic N) is 3. The number of nitrogens with one attached hydrogen (secondary N) is 1. The van der Waals surface area contributed by atoms with E-state index in [1.54, 1.807) is 23.2 Å². The summed E-state index contributed by atoms with van der Waals surface area (Å²) in [6, 6.07) is 12.9. The molecule has 1 saturated heterocycles. The summed E-state index contributed by atoms with van der Waals surface area (Å²) in [5, 5.41) is 13.8. The van der Waals surface area contributed by atoms with Crippen molar-refractivity contribution in [2.24, 2.45) is 0 Å². The summed E-state index contributed by atoms with van der Waals surface area (Å²) in [6.07, 6.45) is 5.38. The fourth-order valence-corrected chi connectivity index (χ4v) is 5.20. The number of aryl methyl sites for hydroxylation is 1. The third kappa shape index (κ3) is 5.47. The Labute approximate surface area is 213 Å². The zero-order valence-corrected chi connectivity index (χ0v) is 21.4. The molecule has 0 radical (unpaired) electrons. The van der Waals surface area contributed by atoms with Crippen LogP contribution >= 0.6 is 24.0 Å². The number of rotatable bonds is 9. The summed E-state index contributed by atoms with van der Waals surface area (Å²) in [5.74, 6) is 0.121. The number of carbonyl (C=O) groups is 1. The highest BCUT2D eigenvalue weighted by Crippen LogP contribution is 2.33. The maximum absolute atomic E-state index is 13.5. The number of benzene rings is 1. The van der Waals surface area contributed by atoms with Gasteiger partial charge in [-0.2, -0.15) is 0 Å². The lowest BCUT2D eigenvalue weighted by molar-refractivity contribution is -0.122. The van der Waals surface area contributed by atoms with E-state index >= 15 is 0 Å². The van der Waals surface area contributed by atoms with Crippen LogP contribution in [0, 0.1) is 6.92 Å². The fourth-order valence-electron chi connectivity index (χ4n) is 3.91. The predicted molar refractivity (Wildman–Crippen MR) is 145 cm³/mol.